The third kappa shape index (κ3) is 30.5. The minimum absolute atomic E-state index is 0.0565. The second-order valence-corrected chi connectivity index (χ2v) is 13.9. The Balaban J connectivity index is 4.63. The molecule has 270 valence electrons. The average Bonchev–Trinajstić information content (AvgIpc) is 3.05. The largest absolute Gasteiger partial charge is 0.373 e. The zero-order valence-electron chi connectivity index (χ0n) is 31.7. The standard InChI is InChI=1S/C40H85N5/c1-6-11-16-19-20-21-25-29-36-42-40(33-15-10-5,41-35-28-14-9-4)34-27-23-22-26-32-39-45(43-37-30-18-13-8-3)44-38-31-24-17-12-7-2/h28,35,41-44H,6-27,29-34,36-39H2,1-5H3. The summed E-state index contributed by atoms with van der Waals surface area (Å²) in [6.07, 6.45) is 41.6. The van der Waals surface area contributed by atoms with E-state index in [9.17, 15) is 0 Å². The first-order valence-electron chi connectivity index (χ1n) is 20.6. The predicted octanol–water partition coefficient (Wildman–Crippen LogP) is 11.7. The summed E-state index contributed by atoms with van der Waals surface area (Å²) in [6, 6.07) is 0. The van der Waals surface area contributed by atoms with E-state index in [0.29, 0.717) is 0 Å². The number of hydrogen-bond donors (Lipinski definition) is 4. The van der Waals surface area contributed by atoms with Gasteiger partial charge in [-0.3, -0.25) is 5.32 Å². The lowest BCUT2D eigenvalue weighted by Gasteiger charge is -2.36. The van der Waals surface area contributed by atoms with Gasteiger partial charge in [0.25, 0.3) is 0 Å². The van der Waals surface area contributed by atoms with Gasteiger partial charge in [-0.25, -0.2) is 10.9 Å². The highest BCUT2D eigenvalue weighted by atomic mass is 15.7. The van der Waals surface area contributed by atoms with Gasteiger partial charge in [-0.05, 0) is 64.1 Å². The molecule has 0 bridgehead atoms. The fourth-order valence-corrected chi connectivity index (χ4v) is 6.18. The van der Waals surface area contributed by atoms with Crippen LogP contribution in [0.2, 0.25) is 0 Å². The average molecular weight is 636 g/mol. The van der Waals surface area contributed by atoms with Crippen molar-refractivity contribution in [1.29, 1.82) is 0 Å². The Hall–Kier alpha value is -0.620. The maximum absolute atomic E-state index is 4.06. The quantitative estimate of drug-likeness (QED) is 0.0309. The van der Waals surface area contributed by atoms with Gasteiger partial charge in [-0.2, -0.15) is 5.12 Å². The number of hydrazine groups is 2. The van der Waals surface area contributed by atoms with Crippen LogP contribution in [0.1, 0.15) is 214 Å². The molecule has 0 aliphatic heterocycles. The van der Waals surface area contributed by atoms with Crippen LogP contribution in [0, 0.1) is 0 Å². The van der Waals surface area contributed by atoms with E-state index in [0.717, 1.165) is 32.6 Å². The molecule has 1 atom stereocenters. The summed E-state index contributed by atoms with van der Waals surface area (Å²) in [5, 5.41) is 10.3. The fourth-order valence-electron chi connectivity index (χ4n) is 6.18. The van der Waals surface area contributed by atoms with E-state index in [1.165, 1.54) is 173 Å². The highest BCUT2D eigenvalue weighted by molar-refractivity contribution is 4.92. The van der Waals surface area contributed by atoms with Gasteiger partial charge in [-0.15, -0.1) is 0 Å². The van der Waals surface area contributed by atoms with Gasteiger partial charge in [0.2, 0.25) is 0 Å². The second kappa shape index (κ2) is 36.2. The molecule has 1 unspecified atom stereocenters. The van der Waals surface area contributed by atoms with Gasteiger partial charge >= 0.3 is 0 Å². The van der Waals surface area contributed by atoms with Crippen LogP contribution >= 0.6 is 0 Å². The molecule has 0 radical (unpaired) electrons. The Labute approximate surface area is 284 Å². The van der Waals surface area contributed by atoms with Crippen molar-refractivity contribution < 1.29 is 0 Å². The van der Waals surface area contributed by atoms with Crippen LogP contribution in [0.3, 0.4) is 0 Å². The molecule has 0 spiro atoms. The fraction of sp³-hybridized carbons (Fsp3) is 0.950. The molecule has 5 heteroatoms. The Morgan fingerprint density at radius 2 is 0.889 bits per heavy atom. The van der Waals surface area contributed by atoms with Crippen LogP contribution < -0.4 is 21.5 Å². The zero-order valence-corrected chi connectivity index (χ0v) is 31.7. The normalized spacial score (nSPS) is 13.3. The number of allylic oxidation sites excluding steroid dienone is 1. The number of nitrogens with zero attached hydrogens (tertiary/aromatic N) is 1. The van der Waals surface area contributed by atoms with Crippen molar-refractivity contribution in [2.45, 2.75) is 220 Å². The summed E-state index contributed by atoms with van der Waals surface area (Å²) >= 11 is 0. The van der Waals surface area contributed by atoms with Gasteiger partial charge < -0.3 is 5.32 Å². The van der Waals surface area contributed by atoms with Crippen molar-refractivity contribution >= 4 is 0 Å². The molecule has 45 heavy (non-hydrogen) atoms. The lowest BCUT2D eigenvalue weighted by atomic mass is 9.94. The summed E-state index contributed by atoms with van der Waals surface area (Å²) in [5.41, 5.74) is 7.45. The van der Waals surface area contributed by atoms with Crippen molar-refractivity contribution in [3.63, 3.8) is 0 Å². The molecule has 0 aliphatic rings. The van der Waals surface area contributed by atoms with Crippen LogP contribution in [-0.2, 0) is 0 Å². The van der Waals surface area contributed by atoms with E-state index in [4.69, 9.17) is 0 Å². The lowest BCUT2D eigenvalue weighted by molar-refractivity contribution is 0.108. The van der Waals surface area contributed by atoms with E-state index in [-0.39, 0.29) is 5.66 Å². The molecule has 0 heterocycles. The van der Waals surface area contributed by atoms with Crippen LogP contribution in [0.25, 0.3) is 0 Å². The lowest BCUT2D eigenvalue weighted by Crippen LogP contribution is -2.55. The maximum atomic E-state index is 4.06. The first-order chi connectivity index (χ1) is 22.2. The summed E-state index contributed by atoms with van der Waals surface area (Å²) in [5.74, 6) is 0. The Morgan fingerprint density at radius 3 is 1.44 bits per heavy atom. The second-order valence-electron chi connectivity index (χ2n) is 13.9. The monoisotopic (exact) mass is 636 g/mol. The smallest absolute Gasteiger partial charge is 0.0876 e. The molecule has 5 nitrogen and oxygen atoms in total. The molecule has 0 aromatic rings. The van der Waals surface area contributed by atoms with Crippen molar-refractivity contribution in [1.82, 2.24) is 26.6 Å². The van der Waals surface area contributed by atoms with E-state index in [2.05, 4.69) is 73.5 Å². The molecule has 4 N–H and O–H groups in total. The third-order valence-corrected chi connectivity index (χ3v) is 9.28. The SMILES string of the molecule is CCCC=CNC(CCCC)(CCCCCCCN(NCCCCCC)NCCCCCCC)NCCCCCCCCCC. The summed E-state index contributed by atoms with van der Waals surface area (Å²) in [4.78, 5) is 0. The van der Waals surface area contributed by atoms with Gasteiger partial charge in [-0.1, -0.05) is 169 Å². The Bertz CT molecular complexity index is 583. The Kier molecular flexibility index (Phi) is 35.7. The van der Waals surface area contributed by atoms with Crippen molar-refractivity contribution in [3.05, 3.63) is 12.3 Å². The Morgan fingerprint density at radius 1 is 0.444 bits per heavy atom. The molecule has 0 saturated heterocycles. The summed E-state index contributed by atoms with van der Waals surface area (Å²) < 4.78 is 0. The van der Waals surface area contributed by atoms with Crippen LogP contribution in [-0.4, -0.2) is 37.0 Å². The van der Waals surface area contributed by atoms with E-state index >= 15 is 0 Å². The summed E-state index contributed by atoms with van der Waals surface area (Å²) in [7, 11) is 0. The zero-order chi connectivity index (χ0) is 32.9. The van der Waals surface area contributed by atoms with Gasteiger partial charge in [0.1, 0.15) is 0 Å². The third-order valence-electron chi connectivity index (χ3n) is 9.28. The minimum Gasteiger partial charge on any atom is -0.373 e. The van der Waals surface area contributed by atoms with Crippen molar-refractivity contribution in [3.8, 4) is 0 Å². The molecule has 0 fully saturated rings. The van der Waals surface area contributed by atoms with Crippen LogP contribution in [0.4, 0.5) is 0 Å². The number of unbranched alkanes of at least 4 members (excludes halogenated alkanes) is 20. The first kappa shape index (κ1) is 44.4. The molecule has 0 aliphatic carbocycles. The van der Waals surface area contributed by atoms with Crippen LogP contribution in [0.15, 0.2) is 12.3 Å². The molecule has 0 aromatic carbocycles. The molecular formula is C40H85N5. The molecule has 0 saturated carbocycles. The molecule has 0 rings (SSSR count). The van der Waals surface area contributed by atoms with Crippen molar-refractivity contribution in [2.75, 3.05) is 26.2 Å². The van der Waals surface area contributed by atoms with Gasteiger partial charge in [0, 0.05) is 19.6 Å². The van der Waals surface area contributed by atoms with Crippen molar-refractivity contribution in [2.24, 2.45) is 0 Å². The minimum atomic E-state index is 0.0565. The molecular weight excluding hydrogens is 550 g/mol. The number of hydrogen-bond acceptors (Lipinski definition) is 5. The van der Waals surface area contributed by atoms with Gasteiger partial charge in [0.15, 0.2) is 0 Å². The van der Waals surface area contributed by atoms with E-state index in [1.807, 2.05) is 0 Å². The number of rotatable bonds is 38. The molecule has 0 amide bonds. The van der Waals surface area contributed by atoms with Crippen LogP contribution in [0.5, 0.6) is 0 Å². The maximum Gasteiger partial charge on any atom is 0.0876 e. The van der Waals surface area contributed by atoms with E-state index in [1.54, 1.807) is 0 Å². The summed E-state index contributed by atoms with van der Waals surface area (Å²) in [6.45, 7) is 15.9. The van der Waals surface area contributed by atoms with Gasteiger partial charge in [0.05, 0.1) is 5.66 Å². The topological polar surface area (TPSA) is 51.4 Å². The number of nitrogens with one attached hydrogen (secondary N) is 4. The molecule has 0 aromatic heterocycles. The highest BCUT2D eigenvalue weighted by Crippen LogP contribution is 2.21. The predicted molar refractivity (Wildman–Crippen MR) is 203 cm³/mol. The first-order valence-corrected chi connectivity index (χ1v) is 20.6. The van der Waals surface area contributed by atoms with E-state index < -0.39 is 0 Å². The highest BCUT2D eigenvalue weighted by Gasteiger charge is 2.26.